The topological polar surface area (TPSA) is 177 Å². The van der Waals surface area contributed by atoms with E-state index in [9.17, 15) is 33.5 Å². The highest BCUT2D eigenvalue weighted by Crippen LogP contribution is 2.26. The summed E-state index contributed by atoms with van der Waals surface area (Å²) in [6, 6.07) is 4.20. The van der Waals surface area contributed by atoms with Gasteiger partial charge in [-0.05, 0) is 50.1 Å². The highest BCUT2D eigenvalue weighted by molar-refractivity contribution is 5.95. The Bertz CT molecular complexity index is 1600. The summed E-state index contributed by atoms with van der Waals surface area (Å²) in [5.74, 6) is -3.55. The molecule has 0 radical (unpaired) electrons. The number of nitrogens with one attached hydrogen (secondary N) is 2. The molecular weight excluding hydrogens is 639 g/mol. The number of rotatable bonds is 4. The average molecular weight is 681 g/mol. The van der Waals surface area contributed by atoms with E-state index >= 15 is 0 Å². The highest BCUT2D eigenvalue weighted by Gasteiger charge is 2.39. The first-order valence-corrected chi connectivity index (χ1v) is 16.1. The first-order chi connectivity index (χ1) is 23.4. The second-order valence-electron chi connectivity index (χ2n) is 12.2. The zero-order valence-electron chi connectivity index (χ0n) is 27.6. The van der Waals surface area contributed by atoms with Gasteiger partial charge in [0.1, 0.15) is 30.0 Å². The van der Waals surface area contributed by atoms with Gasteiger partial charge in [-0.1, -0.05) is 43.7 Å². The number of benzene rings is 1. The molecule has 3 N–H and O–H groups in total. The van der Waals surface area contributed by atoms with Gasteiger partial charge in [-0.25, -0.2) is 19.0 Å². The lowest BCUT2D eigenvalue weighted by Crippen LogP contribution is -2.44. The number of allylic oxidation sites excluding steroid dienone is 2. The summed E-state index contributed by atoms with van der Waals surface area (Å²) in [6.45, 7) is 5.47. The zero-order chi connectivity index (χ0) is 35.5. The Morgan fingerprint density at radius 3 is 2.71 bits per heavy atom. The number of oxazole rings is 1. The second kappa shape index (κ2) is 17.3. The molecule has 5 atom stereocenters. The number of ketones is 1. The van der Waals surface area contributed by atoms with Crippen LogP contribution in [0.5, 0.6) is 0 Å². The van der Waals surface area contributed by atoms with E-state index in [4.69, 9.17) is 13.9 Å². The standard InChI is InChI=1S/C35H41FN4O9/c1-21-6-4-14-37-30(43)13-8-22(2)32(23(3)19-48-35(46)38-25-11-9-24(36)10-12-25)49-34(45)29-7-5-15-40(29)33(44)28-20-47-31(39-28)18-27(42)17-26(41)16-21/h4,6,8-13,16,20,22-23,26,29,32,41H,5,7,14-15,17-19H2,1-3H3,(H,37,43)(H,38,46)/b6-4+,13-8+,21-16+/t22-,23-,26-,29-,32+/m1/s1. The molecule has 13 nitrogen and oxygen atoms in total. The fourth-order valence-corrected chi connectivity index (χ4v) is 5.54. The number of hydrogen-bond acceptors (Lipinski definition) is 10. The van der Waals surface area contributed by atoms with Gasteiger partial charge >= 0.3 is 12.1 Å². The maximum absolute atomic E-state index is 13.6. The molecule has 49 heavy (non-hydrogen) atoms. The van der Waals surface area contributed by atoms with Crippen molar-refractivity contribution in [3.63, 3.8) is 0 Å². The minimum Gasteiger partial charge on any atom is -0.460 e. The molecule has 4 rings (SSSR count). The number of halogens is 1. The van der Waals surface area contributed by atoms with Crippen molar-refractivity contribution in [2.75, 3.05) is 25.0 Å². The number of aromatic nitrogens is 1. The summed E-state index contributed by atoms with van der Waals surface area (Å²) >= 11 is 0. The molecule has 3 heterocycles. The van der Waals surface area contributed by atoms with Crippen LogP contribution in [0.15, 0.2) is 70.9 Å². The average Bonchev–Trinajstić information content (AvgIpc) is 3.74. The van der Waals surface area contributed by atoms with Crippen molar-refractivity contribution in [3.8, 4) is 0 Å². The first-order valence-electron chi connectivity index (χ1n) is 16.1. The first kappa shape index (κ1) is 36.7. The zero-order valence-corrected chi connectivity index (χ0v) is 27.6. The number of aliphatic hydroxyl groups excluding tert-OH is 1. The molecule has 2 aliphatic rings. The lowest BCUT2D eigenvalue weighted by Gasteiger charge is -2.30. The smallest absolute Gasteiger partial charge is 0.411 e. The maximum Gasteiger partial charge on any atom is 0.411 e. The Hall–Kier alpha value is -5.11. The number of Topliss-reactive ketones (excluding diaryl/α,β-unsaturated/α-hetero) is 1. The van der Waals surface area contributed by atoms with Gasteiger partial charge in [-0.2, -0.15) is 0 Å². The molecule has 1 fully saturated rings. The number of aliphatic hydroxyl groups is 1. The quantitative estimate of drug-likeness (QED) is 0.402. The molecule has 2 bridgehead atoms. The van der Waals surface area contributed by atoms with E-state index in [-0.39, 0.29) is 49.9 Å². The Morgan fingerprint density at radius 2 is 1.96 bits per heavy atom. The predicted octanol–water partition coefficient (Wildman–Crippen LogP) is 3.90. The molecule has 262 valence electrons. The van der Waals surface area contributed by atoms with Gasteiger partial charge in [-0.15, -0.1) is 0 Å². The number of hydrogen-bond donors (Lipinski definition) is 3. The van der Waals surface area contributed by atoms with Gasteiger partial charge < -0.3 is 29.2 Å². The number of fused-ring (bicyclic) bond motifs is 3. The molecular formula is C35H41FN4O9. The number of cyclic esters (lactones) is 1. The minimum atomic E-state index is -1.06. The van der Waals surface area contributed by atoms with E-state index in [0.717, 1.165) is 6.26 Å². The lowest BCUT2D eigenvalue weighted by molar-refractivity contribution is -0.159. The normalized spacial score (nSPS) is 26.0. The molecule has 0 spiro atoms. The van der Waals surface area contributed by atoms with Crippen molar-refractivity contribution >= 4 is 35.3 Å². The third-order valence-electron chi connectivity index (χ3n) is 8.02. The van der Waals surface area contributed by atoms with Crippen LogP contribution >= 0.6 is 0 Å². The van der Waals surface area contributed by atoms with Gasteiger partial charge in [0.25, 0.3) is 5.91 Å². The predicted molar refractivity (Wildman–Crippen MR) is 175 cm³/mol. The Balaban J connectivity index is 1.54. The number of carbonyl (C=O) groups is 5. The van der Waals surface area contributed by atoms with Crippen LogP contribution in [-0.2, 0) is 30.3 Å². The van der Waals surface area contributed by atoms with Gasteiger partial charge in [0, 0.05) is 37.0 Å². The molecule has 0 aliphatic carbocycles. The maximum atomic E-state index is 13.6. The van der Waals surface area contributed by atoms with E-state index in [0.29, 0.717) is 24.1 Å². The van der Waals surface area contributed by atoms with E-state index in [1.807, 2.05) is 0 Å². The van der Waals surface area contributed by atoms with Crippen molar-refractivity contribution in [1.82, 2.24) is 15.2 Å². The van der Waals surface area contributed by atoms with Crippen LogP contribution in [-0.4, -0.2) is 82.6 Å². The van der Waals surface area contributed by atoms with Crippen LogP contribution in [0, 0.1) is 17.7 Å². The van der Waals surface area contributed by atoms with Crippen molar-refractivity contribution in [3.05, 3.63) is 83.9 Å². The van der Waals surface area contributed by atoms with Crippen molar-refractivity contribution in [2.24, 2.45) is 11.8 Å². The number of nitrogens with zero attached hydrogens (tertiary/aromatic N) is 2. The monoisotopic (exact) mass is 680 g/mol. The van der Waals surface area contributed by atoms with Crippen LogP contribution < -0.4 is 10.6 Å². The molecule has 3 amide bonds. The third kappa shape index (κ3) is 11.0. The number of amides is 3. The summed E-state index contributed by atoms with van der Waals surface area (Å²) in [7, 11) is 0. The van der Waals surface area contributed by atoms with Crippen molar-refractivity contribution in [2.45, 2.75) is 64.7 Å². The summed E-state index contributed by atoms with van der Waals surface area (Å²) < 4.78 is 30.0. The van der Waals surface area contributed by atoms with Crippen molar-refractivity contribution in [1.29, 1.82) is 0 Å². The van der Waals surface area contributed by atoms with Crippen LogP contribution in [0.4, 0.5) is 14.9 Å². The largest absolute Gasteiger partial charge is 0.460 e. The molecule has 1 aromatic carbocycles. The number of ether oxygens (including phenoxy) is 2. The number of carbonyl (C=O) groups excluding carboxylic acids is 5. The van der Waals surface area contributed by atoms with Gasteiger partial charge in [0.2, 0.25) is 11.8 Å². The fourth-order valence-electron chi connectivity index (χ4n) is 5.54. The molecule has 2 aliphatic heterocycles. The van der Waals surface area contributed by atoms with Gasteiger partial charge in [-0.3, -0.25) is 19.7 Å². The highest BCUT2D eigenvalue weighted by atomic mass is 19.1. The SMILES string of the molecule is CC1=C\[C@@H](O)CC(=O)Cc2nc(co2)C(=O)N2CCC[C@@H]2C(=O)O[C@H]([C@H](C)COC(=O)Nc2ccc(F)cc2)[C@H](C)/C=C/C(=O)NC\C=C\1. The molecule has 1 saturated heterocycles. The number of esters is 1. The Labute approximate surface area is 283 Å². The Kier molecular flexibility index (Phi) is 13.0. The molecule has 0 saturated carbocycles. The van der Waals surface area contributed by atoms with Crippen LogP contribution in [0.1, 0.15) is 56.4 Å². The summed E-state index contributed by atoms with van der Waals surface area (Å²) in [5, 5.41) is 15.6. The fraction of sp³-hybridized carbons (Fsp3) is 0.429. The second-order valence-corrected chi connectivity index (χ2v) is 12.2. The molecule has 0 unspecified atom stereocenters. The third-order valence-corrected chi connectivity index (χ3v) is 8.02. The van der Waals surface area contributed by atoms with Gasteiger partial charge in [0.15, 0.2) is 5.69 Å². The summed E-state index contributed by atoms with van der Waals surface area (Å²) in [4.78, 5) is 70.1. The van der Waals surface area contributed by atoms with Crippen LogP contribution in [0.2, 0.25) is 0 Å². The summed E-state index contributed by atoms with van der Waals surface area (Å²) in [5.41, 5.74) is 0.927. The minimum absolute atomic E-state index is 0.00608. The van der Waals surface area contributed by atoms with E-state index < -0.39 is 59.8 Å². The van der Waals surface area contributed by atoms with Crippen LogP contribution in [0.3, 0.4) is 0 Å². The molecule has 14 heteroatoms. The van der Waals surface area contributed by atoms with E-state index in [2.05, 4.69) is 15.6 Å². The lowest BCUT2D eigenvalue weighted by atomic mass is 9.93. The van der Waals surface area contributed by atoms with Crippen molar-refractivity contribution < 1.29 is 47.4 Å². The Morgan fingerprint density at radius 1 is 1.20 bits per heavy atom. The molecule has 1 aromatic heterocycles. The van der Waals surface area contributed by atoms with Gasteiger partial charge in [0.05, 0.1) is 19.1 Å². The van der Waals surface area contributed by atoms with E-state index in [1.54, 1.807) is 39.0 Å². The molecule has 2 aromatic rings. The van der Waals surface area contributed by atoms with E-state index in [1.165, 1.54) is 41.3 Å². The number of anilines is 1. The van der Waals surface area contributed by atoms with Crippen LogP contribution in [0.25, 0.3) is 0 Å². The summed E-state index contributed by atoms with van der Waals surface area (Å²) in [6.07, 6.45) is 6.60.